The average molecular weight is 532 g/mol. The van der Waals surface area contributed by atoms with Crippen molar-refractivity contribution in [2.45, 2.75) is 51.9 Å². The molecule has 0 saturated carbocycles. The van der Waals surface area contributed by atoms with Gasteiger partial charge in [-0.15, -0.1) is 0 Å². The number of carbonyl (C=O) groups is 1. The number of nitrogens with two attached hydrogens (primary N) is 2. The summed E-state index contributed by atoms with van der Waals surface area (Å²) < 4.78 is 6.85. The van der Waals surface area contributed by atoms with Crippen molar-refractivity contribution in [1.29, 1.82) is 0 Å². The quantitative estimate of drug-likeness (QED) is 0.334. The van der Waals surface area contributed by atoms with Crippen molar-refractivity contribution in [3.8, 4) is 11.3 Å². The number of nitrogen functional groups attached to an aromatic ring is 1. The highest BCUT2D eigenvalue weighted by molar-refractivity contribution is 5.92. The van der Waals surface area contributed by atoms with Crippen molar-refractivity contribution in [3.63, 3.8) is 0 Å². The predicted molar refractivity (Wildman–Crippen MR) is 153 cm³/mol. The fourth-order valence-corrected chi connectivity index (χ4v) is 6.87. The Morgan fingerprint density at radius 2 is 1.95 bits per heavy atom. The molecule has 208 valence electrons. The number of ether oxygens (including phenoxy) is 1. The number of nitrogens with zero attached hydrogens (tertiary/aromatic N) is 4. The Hall–Kier alpha value is -3.30. The Balaban J connectivity index is 1.15. The molecule has 3 fully saturated rings. The lowest BCUT2D eigenvalue weighted by Crippen LogP contribution is -2.66. The lowest BCUT2D eigenvalue weighted by molar-refractivity contribution is -0.189. The topological polar surface area (TPSA) is 118 Å². The minimum Gasteiger partial charge on any atom is -0.380 e. The molecule has 5 heterocycles. The molecule has 39 heavy (non-hydrogen) atoms. The molecule has 3 aliphatic rings. The SMILES string of the molecule is Cc1cc(-c2[nH]c3ccc(C4CCN(C(=O)CCN5CC6(COC6)C5)CC4)cc3c2C(C)C)cn(N)/c1=N\N. The van der Waals surface area contributed by atoms with Crippen molar-refractivity contribution < 1.29 is 9.53 Å². The zero-order valence-corrected chi connectivity index (χ0v) is 23.4. The fraction of sp³-hybridized carbons (Fsp3) is 0.533. The molecule has 3 aliphatic heterocycles. The Kier molecular flexibility index (Phi) is 6.67. The zero-order valence-electron chi connectivity index (χ0n) is 23.4. The number of fused-ring (bicyclic) bond motifs is 1. The minimum atomic E-state index is 0.299. The number of hydrogen-bond donors (Lipinski definition) is 3. The van der Waals surface area contributed by atoms with Crippen LogP contribution < -0.4 is 17.2 Å². The summed E-state index contributed by atoms with van der Waals surface area (Å²) in [6.45, 7) is 12.9. The molecule has 6 rings (SSSR count). The van der Waals surface area contributed by atoms with Crippen LogP contribution in [-0.4, -0.2) is 71.3 Å². The van der Waals surface area contributed by atoms with Crippen LogP contribution >= 0.6 is 0 Å². The van der Waals surface area contributed by atoms with E-state index in [0.717, 1.165) is 81.1 Å². The number of piperidine rings is 1. The molecule has 1 amide bonds. The van der Waals surface area contributed by atoms with Crippen molar-refractivity contribution >= 4 is 16.8 Å². The highest BCUT2D eigenvalue weighted by Crippen LogP contribution is 2.39. The molecule has 1 spiro atoms. The molecule has 0 radical (unpaired) electrons. The van der Waals surface area contributed by atoms with Gasteiger partial charge in [-0.2, -0.15) is 5.10 Å². The van der Waals surface area contributed by atoms with Gasteiger partial charge in [-0.3, -0.25) is 9.47 Å². The maximum atomic E-state index is 12.9. The highest BCUT2D eigenvalue weighted by Gasteiger charge is 2.48. The molecule has 0 aliphatic carbocycles. The van der Waals surface area contributed by atoms with Gasteiger partial charge in [-0.05, 0) is 66.5 Å². The van der Waals surface area contributed by atoms with E-state index in [1.54, 1.807) is 0 Å². The number of pyridine rings is 1. The second-order valence-corrected chi connectivity index (χ2v) is 12.3. The van der Waals surface area contributed by atoms with Gasteiger partial charge in [0.2, 0.25) is 5.91 Å². The number of H-pyrrole nitrogens is 1. The van der Waals surface area contributed by atoms with E-state index in [0.29, 0.717) is 35.1 Å². The molecule has 3 aromatic rings. The van der Waals surface area contributed by atoms with E-state index in [1.807, 2.05) is 13.1 Å². The number of rotatable bonds is 6. The third-order valence-electron chi connectivity index (χ3n) is 8.99. The largest absolute Gasteiger partial charge is 0.380 e. The van der Waals surface area contributed by atoms with Gasteiger partial charge < -0.3 is 31.2 Å². The monoisotopic (exact) mass is 531 g/mol. The van der Waals surface area contributed by atoms with Crippen molar-refractivity contribution in [3.05, 3.63) is 52.6 Å². The van der Waals surface area contributed by atoms with Gasteiger partial charge in [0, 0.05) is 67.2 Å². The van der Waals surface area contributed by atoms with E-state index in [1.165, 1.54) is 21.2 Å². The van der Waals surface area contributed by atoms with Gasteiger partial charge in [0.15, 0.2) is 5.49 Å². The third-order valence-corrected chi connectivity index (χ3v) is 8.99. The number of aromatic nitrogens is 2. The van der Waals surface area contributed by atoms with Crippen LogP contribution in [0.1, 0.15) is 61.6 Å². The van der Waals surface area contributed by atoms with Crippen LogP contribution in [0.3, 0.4) is 0 Å². The Morgan fingerprint density at radius 3 is 2.56 bits per heavy atom. The highest BCUT2D eigenvalue weighted by atomic mass is 16.5. The van der Waals surface area contributed by atoms with E-state index in [4.69, 9.17) is 16.4 Å². The summed E-state index contributed by atoms with van der Waals surface area (Å²) in [4.78, 5) is 21.0. The van der Waals surface area contributed by atoms with Crippen molar-refractivity contribution in [1.82, 2.24) is 19.5 Å². The van der Waals surface area contributed by atoms with E-state index >= 15 is 0 Å². The third kappa shape index (κ3) is 4.72. The standard InChI is InChI=1S/C30H41N7O2/c1-19(2)27-24-13-22(4-5-25(24)33-28(27)23-12-20(3)29(34-31)37(32)14-23)21-6-10-36(11-7-21)26(38)8-9-35-15-30(16-35)17-39-18-30/h4-5,12-14,19,21,33H,6-11,15-18,31-32H2,1-3H3/b34-29-. The lowest BCUT2D eigenvalue weighted by atomic mass is 9.78. The molecular formula is C30H41N7O2. The number of nitrogens with one attached hydrogen (secondary N) is 1. The van der Waals surface area contributed by atoms with Crippen LogP contribution in [0.25, 0.3) is 22.2 Å². The lowest BCUT2D eigenvalue weighted by Gasteiger charge is -2.55. The maximum Gasteiger partial charge on any atom is 0.223 e. The maximum absolute atomic E-state index is 12.9. The van der Waals surface area contributed by atoms with Crippen LogP contribution in [0.5, 0.6) is 0 Å². The average Bonchev–Trinajstić information content (AvgIpc) is 3.26. The Morgan fingerprint density at radius 1 is 1.21 bits per heavy atom. The van der Waals surface area contributed by atoms with Gasteiger partial charge in [0.1, 0.15) is 0 Å². The predicted octanol–water partition coefficient (Wildman–Crippen LogP) is 2.98. The minimum absolute atomic E-state index is 0.299. The molecule has 0 unspecified atom stereocenters. The summed E-state index contributed by atoms with van der Waals surface area (Å²) in [6.07, 6.45) is 4.52. The summed E-state index contributed by atoms with van der Waals surface area (Å²) in [5.41, 5.74) is 7.77. The van der Waals surface area contributed by atoms with E-state index in [-0.39, 0.29) is 0 Å². The summed E-state index contributed by atoms with van der Waals surface area (Å²) in [5, 5.41) is 5.07. The first kappa shape index (κ1) is 26.0. The molecule has 3 saturated heterocycles. The van der Waals surface area contributed by atoms with Gasteiger partial charge in [0.05, 0.1) is 18.9 Å². The number of likely N-dealkylation sites (tertiary alicyclic amines) is 2. The summed E-state index contributed by atoms with van der Waals surface area (Å²) in [6, 6.07) is 8.91. The molecule has 9 heteroatoms. The summed E-state index contributed by atoms with van der Waals surface area (Å²) >= 11 is 0. The first-order chi connectivity index (χ1) is 18.8. The van der Waals surface area contributed by atoms with Gasteiger partial charge in [-0.25, -0.2) is 0 Å². The molecule has 5 N–H and O–H groups in total. The molecule has 9 nitrogen and oxygen atoms in total. The summed E-state index contributed by atoms with van der Waals surface area (Å²) in [7, 11) is 0. The first-order valence-electron chi connectivity index (χ1n) is 14.2. The summed E-state index contributed by atoms with van der Waals surface area (Å²) in [5.74, 6) is 12.8. The number of carbonyl (C=O) groups excluding carboxylic acids is 1. The number of benzene rings is 1. The molecule has 1 aromatic carbocycles. The van der Waals surface area contributed by atoms with Crippen LogP contribution in [-0.2, 0) is 9.53 Å². The fourth-order valence-electron chi connectivity index (χ4n) is 6.87. The molecule has 0 atom stereocenters. The van der Waals surface area contributed by atoms with Crippen LogP contribution in [0.2, 0.25) is 0 Å². The van der Waals surface area contributed by atoms with Crippen LogP contribution in [0.4, 0.5) is 0 Å². The normalized spacial score (nSPS) is 20.1. The number of amides is 1. The second kappa shape index (κ2) is 10.0. The van der Waals surface area contributed by atoms with Gasteiger partial charge >= 0.3 is 0 Å². The van der Waals surface area contributed by atoms with E-state index in [2.05, 4.69) is 58.0 Å². The molecular weight excluding hydrogens is 490 g/mol. The number of aryl methyl sites for hydroxylation is 1. The number of aromatic amines is 1. The second-order valence-electron chi connectivity index (χ2n) is 12.3. The van der Waals surface area contributed by atoms with Crippen LogP contribution in [0, 0.1) is 12.3 Å². The van der Waals surface area contributed by atoms with E-state index in [9.17, 15) is 4.79 Å². The van der Waals surface area contributed by atoms with Crippen LogP contribution in [0.15, 0.2) is 35.6 Å². The van der Waals surface area contributed by atoms with E-state index < -0.39 is 0 Å². The Labute approximate surface area is 229 Å². The van der Waals surface area contributed by atoms with Gasteiger partial charge in [-0.1, -0.05) is 19.9 Å². The molecule has 0 bridgehead atoms. The smallest absolute Gasteiger partial charge is 0.223 e. The first-order valence-corrected chi connectivity index (χ1v) is 14.2. The molecule has 2 aromatic heterocycles. The van der Waals surface area contributed by atoms with Crippen molar-refractivity contribution in [2.24, 2.45) is 16.4 Å². The Bertz CT molecular complexity index is 1420. The zero-order chi connectivity index (χ0) is 27.3. The van der Waals surface area contributed by atoms with Gasteiger partial charge in [0.25, 0.3) is 0 Å². The number of hydrogen-bond acceptors (Lipinski definition) is 6. The van der Waals surface area contributed by atoms with Crippen molar-refractivity contribution in [2.75, 3.05) is 51.8 Å².